The zero-order chi connectivity index (χ0) is 22.2. The predicted molar refractivity (Wildman–Crippen MR) is 124 cm³/mol. The van der Waals surface area contributed by atoms with Gasteiger partial charge in [0.05, 0.1) is 12.7 Å². The second-order valence-electron chi connectivity index (χ2n) is 7.91. The highest BCUT2D eigenvalue weighted by Gasteiger charge is 2.30. The van der Waals surface area contributed by atoms with Crippen LogP contribution in [0.1, 0.15) is 27.0 Å². The zero-order valence-corrected chi connectivity index (χ0v) is 18.2. The van der Waals surface area contributed by atoms with Gasteiger partial charge in [-0.25, -0.2) is 0 Å². The molecule has 0 spiro atoms. The Bertz CT molecular complexity index is 1380. The third-order valence-electron chi connectivity index (χ3n) is 5.70. The molecule has 0 bridgehead atoms. The van der Waals surface area contributed by atoms with Crippen molar-refractivity contribution in [1.82, 2.24) is 4.57 Å². The van der Waals surface area contributed by atoms with Crippen LogP contribution >= 0.6 is 0 Å². The van der Waals surface area contributed by atoms with Crippen LogP contribution in [-0.2, 0) is 13.7 Å². The molecule has 0 fully saturated rings. The largest absolute Gasteiger partial charge is 0.497 e. The van der Waals surface area contributed by atoms with Gasteiger partial charge >= 0.3 is 0 Å². The van der Waals surface area contributed by atoms with Crippen molar-refractivity contribution in [3.63, 3.8) is 0 Å². The molecule has 0 amide bonds. The molecule has 3 aromatic carbocycles. The first-order chi connectivity index (χ1) is 15.5. The van der Waals surface area contributed by atoms with Gasteiger partial charge in [0.15, 0.2) is 5.76 Å². The number of ether oxygens (including phenoxy) is 3. The first kappa shape index (κ1) is 19.9. The number of ketones is 1. The standard InChI is InChI=1S/C27H23NO4/c1-17-11-21(31-16-18-7-6-8-20(12-18)30-3)14-24-26(17)27(29)25(32-24)13-19-15-28(2)23-10-5-4-9-22(19)23/h4-15H,16H2,1-3H3/b25-13-. The lowest BCUT2D eigenvalue weighted by Gasteiger charge is -2.10. The smallest absolute Gasteiger partial charge is 0.232 e. The third kappa shape index (κ3) is 3.52. The fraction of sp³-hybridized carbons (Fsp3) is 0.148. The van der Waals surface area contributed by atoms with E-state index in [1.54, 1.807) is 13.2 Å². The van der Waals surface area contributed by atoms with E-state index in [1.807, 2.05) is 79.3 Å². The number of aryl methyl sites for hydroxylation is 2. The predicted octanol–water partition coefficient (Wildman–Crippen LogP) is 5.69. The van der Waals surface area contributed by atoms with E-state index in [-0.39, 0.29) is 5.78 Å². The van der Waals surface area contributed by atoms with Crippen LogP contribution in [0.25, 0.3) is 17.0 Å². The number of nitrogens with zero attached hydrogens (tertiary/aromatic N) is 1. The monoisotopic (exact) mass is 425 g/mol. The molecule has 0 unspecified atom stereocenters. The molecule has 32 heavy (non-hydrogen) atoms. The van der Waals surface area contributed by atoms with E-state index in [4.69, 9.17) is 14.2 Å². The second-order valence-corrected chi connectivity index (χ2v) is 7.91. The number of carbonyl (C=O) groups excluding carboxylic acids is 1. The maximum atomic E-state index is 13.1. The van der Waals surface area contributed by atoms with Gasteiger partial charge in [-0.1, -0.05) is 30.3 Å². The molecule has 1 aromatic heterocycles. The molecule has 5 heteroatoms. The summed E-state index contributed by atoms with van der Waals surface area (Å²) in [6.07, 6.45) is 3.83. The molecule has 0 saturated carbocycles. The van der Waals surface area contributed by atoms with Gasteiger partial charge in [-0.05, 0) is 48.4 Å². The van der Waals surface area contributed by atoms with Gasteiger partial charge in [0.2, 0.25) is 5.78 Å². The number of allylic oxidation sites excluding steroid dienone is 1. The Kier molecular flexibility index (Phi) is 4.94. The number of carbonyl (C=O) groups is 1. The first-order valence-electron chi connectivity index (χ1n) is 10.4. The molecule has 1 aliphatic rings. The molecule has 0 aliphatic carbocycles. The highest BCUT2D eigenvalue weighted by atomic mass is 16.5. The van der Waals surface area contributed by atoms with E-state index < -0.39 is 0 Å². The van der Waals surface area contributed by atoms with Gasteiger partial charge in [-0.2, -0.15) is 0 Å². The molecule has 160 valence electrons. The van der Waals surface area contributed by atoms with Crippen molar-refractivity contribution in [2.45, 2.75) is 13.5 Å². The summed E-state index contributed by atoms with van der Waals surface area (Å²) in [6, 6.07) is 19.5. The maximum absolute atomic E-state index is 13.1. The minimum Gasteiger partial charge on any atom is -0.497 e. The van der Waals surface area contributed by atoms with Crippen molar-refractivity contribution in [3.8, 4) is 17.2 Å². The van der Waals surface area contributed by atoms with Crippen LogP contribution in [0.5, 0.6) is 17.2 Å². The zero-order valence-electron chi connectivity index (χ0n) is 18.2. The number of methoxy groups -OCH3 is 1. The van der Waals surface area contributed by atoms with Crippen molar-refractivity contribution in [3.05, 3.63) is 94.9 Å². The molecule has 0 N–H and O–H groups in total. The van der Waals surface area contributed by atoms with Gasteiger partial charge in [0.25, 0.3) is 0 Å². The Morgan fingerprint density at radius 2 is 1.88 bits per heavy atom. The summed E-state index contributed by atoms with van der Waals surface area (Å²) in [6.45, 7) is 2.29. The Hall–Kier alpha value is -3.99. The first-order valence-corrected chi connectivity index (χ1v) is 10.4. The van der Waals surface area contributed by atoms with E-state index >= 15 is 0 Å². The Morgan fingerprint density at radius 3 is 2.72 bits per heavy atom. The van der Waals surface area contributed by atoms with Gasteiger partial charge in [0.1, 0.15) is 23.9 Å². The molecule has 0 saturated heterocycles. The van der Waals surface area contributed by atoms with Crippen LogP contribution < -0.4 is 14.2 Å². The second kappa shape index (κ2) is 7.93. The molecule has 0 atom stereocenters. The third-order valence-corrected chi connectivity index (χ3v) is 5.70. The van der Waals surface area contributed by atoms with Crippen molar-refractivity contribution >= 4 is 22.8 Å². The molecule has 5 nitrogen and oxygen atoms in total. The fourth-order valence-electron chi connectivity index (χ4n) is 4.12. The van der Waals surface area contributed by atoms with Crippen molar-refractivity contribution in [2.75, 3.05) is 7.11 Å². The van der Waals surface area contributed by atoms with Crippen LogP contribution in [0.15, 0.2) is 72.6 Å². The summed E-state index contributed by atoms with van der Waals surface area (Å²) in [4.78, 5) is 13.1. The van der Waals surface area contributed by atoms with Gasteiger partial charge in [-0.15, -0.1) is 0 Å². The number of fused-ring (bicyclic) bond motifs is 2. The average Bonchev–Trinajstić information content (AvgIpc) is 3.29. The van der Waals surface area contributed by atoms with Crippen LogP contribution in [0, 0.1) is 6.92 Å². The summed E-state index contributed by atoms with van der Waals surface area (Å²) in [5.41, 5.74) is 4.47. The van der Waals surface area contributed by atoms with E-state index in [0.29, 0.717) is 29.4 Å². The topological polar surface area (TPSA) is 49.7 Å². The number of Topliss-reactive ketones (excluding diaryl/α,β-unsaturated/α-hetero) is 1. The Morgan fingerprint density at radius 1 is 1.03 bits per heavy atom. The SMILES string of the molecule is COc1cccc(COc2cc(C)c3c(c2)O/C(=C\c2cn(C)c4ccccc24)C3=O)c1. The van der Waals surface area contributed by atoms with Gasteiger partial charge < -0.3 is 18.8 Å². The summed E-state index contributed by atoms with van der Waals surface area (Å²) >= 11 is 0. The highest BCUT2D eigenvalue weighted by molar-refractivity contribution is 6.16. The molecular formula is C27H23NO4. The molecule has 5 rings (SSSR count). The van der Waals surface area contributed by atoms with Gasteiger partial charge in [-0.3, -0.25) is 4.79 Å². The average molecular weight is 425 g/mol. The highest BCUT2D eigenvalue weighted by Crippen LogP contribution is 2.38. The fourth-order valence-corrected chi connectivity index (χ4v) is 4.12. The number of benzene rings is 3. The summed E-state index contributed by atoms with van der Waals surface area (Å²) < 4.78 is 19.3. The molecule has 1 aliphatic heterocycles. The minimum absolute atomic E-state index is 0.107. The number of rotatable bonds is 5. The lowest BCUT2D eigenvalue weighted by Crippen LogP contribution is -2.00. The lowest BCUT2D eigenvalue weighted by atomic mass is 10.0. The van der Waals surface area contributed by atoms with Crippen molar-refractivity contribution in [2.24, 2.45) is 7.05 Å². The van der Waals surface area contributed by atoms with Crippen LogP contribution in [0.4, 0.5) is 0 Å². The summed E-state index contributed by atoms with van der Waals surface area (Å²) in [5.74, 6) is 2.19. The normalized spacial score (nSPS) is 14.0. The summed E-state index contributed by atoms with van der Waals surface area (Å²) in [5, 5.41) is 1.08. The quantitative estimate of drug-likeness (QED) is 0.386. The minimum atomic E-state index is -0.107. The Labute approximate surface area is 186 Å². The van der Waals surface area contributed by atoms with Crippen LogP contribution in [0.3, 0.4) is 0 Å². The number of para-hydroxylation sites is 1. The van der Waals surface area contributed by atoms with Crippen molar-refractivity contribution in [1.29, 1.82) is 0 Å². The summed E-state index contributed by atoms with van der Waals surface area (Å²) in [7, 11) is 3.63. The van der Waals surface area contributed by atoms with Crippen molar-refractivity contribution < 1.29 is 19.0 Å². The molecular weight excluding hydrogens is 402 g/mol. The number of hydrogen-bond donors (Lipinski definition) is 0. The maximum Gasteiger partial charge on any atom is 0.232 e. The number of hydrogen-bond acceptors (Lipinski definition) is 4. The molecule has 4 aromatic rings. The van der Waals surface area contributed by atoms with Crippen LogP contribution in [-0.4, -0.2) is 17.5 Å². The van der Waals surface area contributed by atoms with E-state index in [9.17, 15) is 4.79 Å². The molecule has 2 heterocycles. The van der Waals surface area contributed by atoms with Gasteiger partial charge in [0, 0.05) is 35.8 Å². The van der Waals surface area contributed by atoms with E-state index in [0.717, 1.165) is 33.3 Å². The number of aromatic nitrogens is 1. The molecule has 0 radical (unpaired) electrons. The van der Waals surface area contributed by atoms with E-state index in [1.165, 1.54) is 0 Å². The Balaban J connectivity index is 1.42. The lowest BCUT2D eigenvalue weighted by molar-refractivity contribution is 0.101. The van der Waals surface area contributed by atoms with Crippen LogP contribution in [0.2, 0.25) is 0 Å². The van der Waals surface area contributed by atoms with E-state index in [2.05, 4.69) is 6.07 Å².